The van der Waals surface area contributed by atoms with Gasteiger partial charge in [0.15, 0.2) is 0 Å². The molecule has 0 bridgehead atoms. The minimum Gasteiger partial charge on any atom is -0.313 e. The minimum atomic E-state index is 0.651. The molecule has 0 amide bonds. The Morgan fingerprint density at radius 1 is 1.05 bits per heavy atom. The van der Waals surface area contributed by atoms with Crippen LogP contribution in [-0.4, -0.2) is 87.2 Å². The molecule has 0 spiro atoms. The monoisotopic (exact) mass is 284 g/mol. The van der Waals surface area contributed by atoms with Crippen LogP contribution in [-0.2, 0) is 0 Å². The van der Waals surface area contributed by atoms with E-state index in [1.54, 1.807) is 0 Å². The van der Waals surface area contributed by atoms with Crippen LogP contribution in [0.3, 0.4) is 0 Å². The molecule has 0 aromatic heterocycles. The predicted molar refractivity (Wildman–Crippen MR) is 88.4 cm³/mol. The summed E-state index contributed by atoms with van der Waals surface area (Å²) in [5.41, 5.74) is 0. The second-order valence-electron chi connectivity index (χ2n) is 6.50. The van der Waals surface area contributed by atoms with Gasteiger partial charge in [-0.15, -0.1) is 0 Å². The molecule has 4 heteroatoms. The number of likely N-dealkylation sites (N-methyl/N-ethyl adjacent to an activating group) is 2. The highest BCUT2D eigenvalue weighted by molar-refractivity contribution is 4.80. The van der Waals surface area contributed by atoms with Gasteiger partial charge in [0.05, 0.1) is 0 Å². The number of nitrogens with one attached hydrogen (secondary N) is 1. The zero-order valence-corrected chi connectivity index (χ0v) is 14.4. The van der Waals surface area contributed by atoms with Crippen molar-refractivity contribution in [2.24, 2.45) is 5.92 Å². The van der Waals surface area contributed by atoms with Crippen molar-refractivity contribution < 1.29 is 0 Å². The zero-order chi connectivity index (χ0) is 15.0. The normalized spacial score (nSPS) is 21.3. The number of hydrogen-bond donors (Lipinski definition) is 1. The molecular weight excluding hydrogens is 248 g/mol. The van der Waals surface area contributed by atoms with Gasteiger partial charge in [0, 0.05) is 51.9 Å². The van der Waals surface area contributed by atoms with Crippen LogP contribution in [0.4, 0.5) is 0 Å². The highest BCUT2D eigenvalue weighted by Crippen LogP contribution is 2.11. The van der Waals surface area contributed by atoms with Crippen molar-refractivity contribution in [2.45, 2.75) is 33.2 Å². The molecule has 2 unspecified atom stereocenters. The van der Waals surface area contributed by atoms with Gasteiger partial charge in [-0.05, 0) is 26.6 Å². The van der Waals surface area contributed by atoms with Crippen molar-refractivity contribution in [2.75, 3.05) is 66.5 Å². The first-order chi connectivity index (χ1) is 9.56. The lowest BCUT2D eigenvalue weighted by Crippen LogP contribution is -2.52. The van der Waals surface area contributed by atoms with E-state index in [1.807, 2.05) is 0 Å². The molecule has 0 saturated carbocycles. The van der Waals surface area contributed by atoms with E-state index in [0.717, 1.165) is 12.5 Å². The maximum absolute atomic E-state index is 3.67. The standard InChI is InChI=1S/C16H36N4/c1-6-15(3)16(17-7-2)14-20-12-10-19(11-13-20)9-8-18(4)5/h15-17H,6-14H2,1-5H3. The van der Waals surface area contributed by atoms with Crippen molar-refractivity contribution >= 4 is 0 Å². The molecule has 1 N–H and O–H groups in total. The van der Waals surface area contributed by atoms with Gasteiger partial charge in [0.2, 0.25) is 0 Å². The van der Waals surface area contributed by atoms with Crippen molar-refractivity contribution in [1.29, 1.82) is 0 Å². The van der Waals surface area contributed by atoms with Crippen LogP contribution in [0.5, 0.6) is 0 Å². The van der Waals surface area contributed by atoms with Gasteiger partial charge in [-0.25, -0.2) is 0 Å². The average Bonchev–Trinajstić information content (AvgIpc) is 2.45. The van der Waals surface area contributed by atoms with E-state index in [2.05, 4.69) is 54.9 Å². The fourth-order valence-corrected chi connectivity index (χ4v) is 2.81. The summed E-state index contributed by atoms with van der Waals surface area (Å²) in [5, 5.41) is 3.67. The van der Waals surface area contributed by atoms with E-state index >= 15 is 0 Å². The van der Waals surface area contributed by atoms with Gasteiger partial charge in [-0.1, -0.05) is 27.2 Å². The molecular formula is C16H36N4. The number of nitrogens with zero attached hydrogens (tertiary/aromatic N) is 3. The maximum atomic E-state index is 3.67. The van der Waals surface area contributed by atoms with Gasteiger partial charge < -0.3 is 10.2 Å². The second-order valence-corrected chi connectivity index (χ2v) is 6.50. The van der Waals surface area contributed by atoms with Crippen LogP contribution in [0.1, 0.15) is 27.2 Å². The lowest BCUT2D eigenvalue weighted by Gasteiger charge is -2.38. The SMILES string of the molecule is CCNC(CN1CCN(CCN(C)C)CC1)C(C)CC. The molecule has 4 nitrogen and oxygen atoms in total. The number of hydrogen-bond acceptors (Lipinski definition) is 4. The summed E-state index contributed by atoms with van der Waals surface area (Å²) < 4.78 is 0. The third-order valence-electron chi connectivity index (χ3n) is 4.58. The first-order valence-electron chi connectivity index (χ1n) is 8.39. The summed E-state index contributed by atoms with van der Waals surface area (Å²) in [5.74, 6) is 0.765. The van der Waals surface area contributed by atoms with Crippen molar-refractivity contribution in [3.05, 3.63) is 0 Å². The predicted octanol–water partition coefficient (Wildman–Crippen LogP) is 1.19. The van der Waals surface area contributed by atoms with E-state index in [1.165, 1.54) is 52.2 Å². The molecule has 1 aliphatic heterocycles. The lowest BCUT2D eigenvalue weighted by molar-refractivity contribution is 0.109. The molecule has 1 heterocycles. The van der Waals surface area contributed by atoms with Crippen LogP contribution in [0, 0.1) is 5.92 Å². The fraction of sp³-hybridized carbons (Fsp3) is 1.00. The van der Waals surface area contributed by atoms with Crippen LogP contribution < -0.4 is 5.32 Å². The molecule has 0 aliphatic carbocycles. The van der Waals surface area contributed by atoms with Crippen LogP contribution in [0.2, 0.25) is 0 Å². The van der Waals surface area contributed by atoms with Crippen LogP contribution in [0.25, 0.3) is 0 Å². The third kappa shape index (κ3) is 6.53. The van der Waals surface area contributed by atoms with Crippen LogP contribution >= 0.6 is 0 Å². The summed E-state index contributed by atoms with van der Waals surface area (Å²) in [4.78, 5) is 7.52. The Labute approximate surface area is 126 Å². The van der Waals surface area contributed by atoms with Gasteiger partial charge in [0.1, 0.15) is 0 Å². The van der Waals surface area contributed by atoms with Crippen LogP contribution in [0.15, 0.2) is 0 Å². The molecule has 0 aromatic carbocycles. The molecule has 1 aliphatic rings. The molecule has 1 saturated heterocycles. The van der Waals surface area contributed by atoms with Gasteiger partial charge >= 0.3 is 0 Å². The smallest absolute Gasteiger partial charge is 0.0220 e. The summed E-state index contributed by atoms with van der Waals surface area (Å²) in [6.45, 7) is 16.5. The van der Waals surface area contributed by atoms with Crippen molar-refractivity contribution in [3.8, 4) is 0 Å². The Morgan fingerprint density at radius 3 is 2.15 bits per heavy atom. The molecule has 120 valence electrons. The highest BCUT2D eigenvalue weighted by atomic mass is 15.3. The first-order valence-corrected chi connectivity index (χ1v) is 8.39. The van der Waals surface area contributed by atoms with E-state index in [-0.39, 0.29) is 0 Å². The molecule has 0 aromatic rings. The highest BCUT2D eigenvalue weighted by Gasteiger charge is 2.22. The quantitative estimate of drug-likeness (QED) is 0.686. The molecule has 1 rings (SSSR count). The van der Waals surface area contributed by atoms with Gasteiger partial charge in [-0.3, -0.25) is 9.80 Å². The molecule has 2 atom stereocenters. The third-order valence-corrected chi connectivity index (χ3v) is 4.58. The fourth-order valence-electron chi connectivity index (χ4n) is 2.81. The summed E-state index contributed by atoms with van der Waals surface area (Å²) in [6.07, 6.45) is 1.26. The van der Waals surface area contributed by atoms with Gasteiger partial charge in [0.25, 0.3) is 0 Å². The minimum absolute atomic E-state index is 0.651. The lowest BCUT2D eigenvalue weighted by atomic mass is 9.98. The first kappa shape index (κ1) is 17.9. The Kier molecular flexibility index (Phi) is 8.69. The molecule has 1 fully saturated rings. The van der Waals surface area contributed by atoms with E-state index in [4.69, 9.17) is 0 Å². The maximum Gasteiger partial charge on any atom is 0.0220 e. The number of piperazine rings is 1. The van der Waals surface area contributed by atoms with Crippen molar-refractivity contribution in [3.63, 3.8) is 0 Å². The number of rotatable bonds is 9. The second kappa shape index (κ2) is 9.72. The summed E-state index contributed by atoms with van der Waals surface area (Å²) >= 11 is 0. The zero-order valence-electron chi connectivity index (χ0n) is 14.4. The summed E-state index contributed by atoms with van der Waals surface area (Å²) in [6, 6.07) is 0.651. The van der Waals surface area contributed by atoms with E-state index < -0.39 is 0 Å². The van der Waals surface area contributed by atoms with E-state index in [9.17, 15) is 0 Å². The Balaban J connectivity index is 2.29. The molecule has 0 radical (unpaired) electrons. The Bertz CT molecular complexity index is 237. The Morgan fingerprint density at radius 2 is 1.65 bits per heavy atom. The van der Waals surface area contributed by atoms with Crippen molar-refractivity contribution in [1.82, 2.24) is 20.0 Å². The van der Waals surface area contributed by atoms with Gasteiger partial charge in [-0.2, -0.15) is 0 Å². The largest absolute Gasteiger partial charge is 0.313 e. The molecule has 20 heavy (non-hydrogen) atoms. The van der Waals surface area contributed by atoms with E-state index in [0.29, 0.717) is 6.04 Å². The topological polar surface area (TPSA) is 21.8 Å². The average molecular weight is 284 g/mol. The Hall–Kier alpha value is -0.160. The summed E-state index contributed by atoms with van der Waals surface area (Å²) in [7, 11) is 4.31.